The fourth-order valence-electron chi connectivity index (χ4n) is 3.55. The SMILES string of the molecule is Cc1c(Cl)cccc1S(=O)(=O)NCCC1CCN(C(=O)c2ccc(F)cc2)CC1. The normalized spacial score (nSPS) is 15.5. The Morgan fingerprint density at radius 1 is 1.17 bits per heavy atom. The number of carbonyl (C=O) groups excluding carboxylic acids is 1. The molecule has 1 fully saturated rings. The highest BCUT2D eigenvalue weighted by Gasteiger charge is 2.24. The minimum Gasteiger partial charge on any atom is -0.339 e. The average molecular weight is 439 g/mol. The minimum atomic E-state index is -3.61. The van der Waals surface area contributed by atoms with Crippen molar-refractivity contribution in [3.63, 3.8) is 0 Å². The summed E-state index contributed by atoms with van der Waals surface area (Å²) in [4.78, 5) is 14.4. The van der Waals surface area contributed by atoms with Gasteiger partial charge in [-0.25, -0.2) is 17.5 Å². The summed E-state index contributed by atoms with van der Waals surface area (Å²) >= 11 is 6.02. The second-order valence-electron chi connectivity index (χ2n) is 7.29. The molecule has 0 aromatic heterocycles. The van der Waals surface area contributed by atoms with Gasteiger partial charge in [-0.15, -0.1) is 0 Å². The predicted octanol–water partition coefficient (Wildman–Crippen LogP) is 4.01. The number of nitrogens with zero attached hydrogens (tertiary/aromatic N) is 1. The lowest BCUT2D eigenvalue weighted by atomic mass is 9.93. The molecule has 8 heteroatoms. The van der Waals surface area contributed by atoms with Gasteiger partial charge >= 0.3 is 0 Å². The highest BCUT2D eigenvalue weighted by atomic mass is 35.5. The number of carbonyl (C=O) groups is 1. The molecule has 1 aliphatic rings. The van der Waals surface area contributed by atoms with Crippen molar-refractivity contribution in [1.82, 2.24) is 9.62 Å². The number of sulfonamides is 1. The van der Waals surface area contributed by atoms with Crippen molar-refractivity contribution in [2.75, 3.05) is 19.6 Å². The summed E-state index contributed by atoms with van der Waals surface area (Å²) in [5.41, 5.74) is 1.02. The third-order valence-electron chi connectivity index (χ3n) is 5.35. The number of rotatable bonds is 6. The lowest BCUT2D eigenvalue weighted by molar-refractivity contribution is 0.0687. The molecule has 0 bridgehead atoms. The summed E-state index contributed by atoms with van der Waals surface area (Å²) in [7, 11) is -3.61. The molecule has 2 aromatic carbocycles. The van der Waals surface area contributed by atoms with Crippen molar-refractivity contribution in [2.45, 2.75) is 31.1 Å². The van der Waals surface area contributed by atoms with Crippen molar-refractivity contribution in [3.8, 4) is 0 Å². The molecule has 0 aliphatic carbocycles. The van der Waals surface area contributed by atoms with Crippen LogP contribution in [0, 0.1) is 18.7 Å². The Balaban J connectivity index is 1.48. The lowest BCUT2D eigenvalue weighted by Gasteiger charge is -2.32. The van der Waals surface area contributed by atoms with Crippen molar-refractivity contribution in [3.05, 3.63) is 64.4 Å². The number of amides is 1. The Hall–Kier alpha value is -1.96. The van der Waals surface area contributed by atoms with E-state index in [1.165, 1.54) is 24.3 Å². The van der Waals surface area contributed by atoms with Crippen molar-refractivity contribution < 1.29 is 17.6 Å². The molecule has 1 amide bonds. The van der Waals surface area contributed by atoms with Gasteiger partial charge in [0.05, 0.1) is 4.90 Å². The van der Waals surface area contributed by atoms with Crippen LogP contribution in [-0.4, -0.2) is 38.9 Å². The maximum atomic E-state index is 13.0. The summed E-state index contributed by atoms with van der Waals surface area (Å²) in [6.45, 7) is 3.25. The topological polar surface area (TPSA) is 66.5 Å². The molecule has 0 atom stereocenters. The molecule has 156 valence electrons. The van der Waals surface area contributed by atoms with Crippen LogP contribution < -0.4 is 4.72 Å². The molecular weight excluding hydrogens is 415 g/mol. The summed E-state index contributed by atoms with van der Waals surface area (Å²) in [6.07, 6.45) is 2.33. The molecular formula is C21H24ClFN2O3S. The minimum absolute atomic E-state index is 0.0967. The van der Waals surface area contributed by atoms with Gasteiger partial charge in [0.2, 0.25) is 10.0 Å². The monoisotopic (exact) mass is 438 g/mol. The van der Waals surface area contributed by atoms with Crippen LogP contribution in [-0.2, 0) is 10.0 Å². The Kier molecular flexibility index (Phi) is 6.93. The molecule has 2 aromatic rings. The van der Waals surface area contributed by atoms with Crippen molar-refractivity contribution >= 4 is 27.5 Å². The molecule has 5 nitrogen and oxygen atoms in total. The van der Waals surface area contributed by atoms with Crippen molar-refractivity contribution in [1.29, 1.82) is 0 Å². The molecule has 1 aliphatic heterocycles. The van der Waals surface area contributed by atoms with Gasteiger partial charge in [0.1, 0.15) is 5.82 Å². The van der Waals surface area contributed by atoms with E-state index in [0.29, 0.717) is 48.1 Å². The zero-order valence-corrected chi connectivity index (χ0v) is 17.8. The van der Waals surface area contributed by atoms with Gasteiger partial charge in [-0.1, -0.05) is 17.7 Å². The van der Waals surface area contributed by atoms with E-state index in [9.17, 15) is 17.6 Å². The first-order valence-electron chi connectivity index (χ1n) is 9.57. The molecule has 29 heavy (non-hydrogen) atoms. The first-order chi connectivity index (χ1) is 13.8. The van der Waals surface area contributed by atoms with Crippen molar-refractivity contribution in [2.24, 2.45) is 5.92 Å². The molecule has 3 rings (SSSR count). The second-order valence-corrected chi connectivity index (χ2v) is 9.43. The van der Waals surface area contributed by atoms with Crippen LogP contribution in [0.15, 0.2) is 47.4 Å². The number of piperidine rings is 1. The van der Waals surface area contributed by atoms with E-state index in [4.69, 9.17) is 11.6 Å². The van der Waals surface area contributed by atoms with Crippen LogP contribution in [0.3, 0.4) is 0 Å². The van der Waals surface area contributed by atoms with E-state index in [-0.39, 0.29) is 16.6 Å². The molecule has 0 radical (unpaired) electrons. The number of likely N-dealkylation sites (tertiary alicyclic amines) is 1. The average Bonchev–Trinajstić information content (AvgIpc) is 2.70. The van der Waals surface area contributed by atoms with Crippen LogP contribution in [0.25, 0.3) is 0 Å². The van der Waals surface area contributed by atoms with Gasteiger partial charge in [0, 0.05) is 30.2 Å². The Morgan fingerprint density at radius 3 is 2.48 bits per heavy atom. The quantitative estimate of drug-likeness (QED) is 0.741. The number of halogens is 2. The Labute approximate surface area is 175 Å². The summed E-state index contributed by atoms with van der Waals surface area (Å²) in [5.74, 6) is -0.119. The van der Waals surface area contributed by atoms with E-state index < -0.39 is 10.0 Å². The van der Waals surface area contributed by atoms with Crippen LogP contribution in [0.5, 0.6) is 0 Å². The Morgan fingerprint density at radius 2 is 1.83 bits per heavy atom. The highest BCUT2D eigenvalue weighted by Crippen LogP contribution is 2.24. The molecule has 1 heterocycles. The summed E-state index contributed by atoms with van der Waals surface area (Å²) < 4.78 is 40.7. The van der Waals surface area contributed by atoms with E-state index in [1.54, 1.807) is 30.0 Å². The zero-order chi connectivity index (χ0) is 21.0. The van der Waals surface area contributed by atoms with Gasteiger partial charge in [0.15, 0.2) is 0 Å². The van der Waals surface area contributed by atoms with E-state index in [0.717, 1.165) is 12.8 Å². The third-order valence-corrected chi connectivity index (χ3v) is 7.36. The first-order valence-corrected chi connectivity index (χ1v) is 11.4. The fraction of sp³-hybridized carbons (Fsp3) is 0.381. The number of hydrogen-bond donors (Lipinski definition) is 1. The smallest absolute Gasteiger partial charge is 0.253 e. The van der Waals surface area contributed by atoms with Crippen LogP contribution >= 0.6 is 11.6 Å². The molecule has 1 N–H and O–H groups in total. The number of hydrogen-bond acceptors (Lipinski definition) is 3. The number of nitrogens with one attached hydrogen (secondary N) is 1. The van der Waals surface area contributed by atoms with Gasteiger partial charge in [0.25, 0.3) is 5.91 Å². The molecule has 0 spiro atoms. The van der Waals surface area contributed by atoms with Crippen LogP contribution in [0.1, 0.15) is 35.2 Å². The summed E-state index contributed by atoms with van der Waals surface area (Å²) in [6, 6.07) is 10.4. The largest absolute Gasteiger partial charge is 0.339 e. The van der Waals surface area contributed by atoms with E-state index >= 15 is 0 Å². The van der Waals surface area contributed by atoms with Crippen LogP contribution in [0.2, 0.25) is 5.02 Å². The van der Waals surface area contributed by atoms with Crippen LogP contribution in [0.4, 0.5) is 4.39 Å². The van der Waals surface area contributed by atoms with Gasteiger partial charge in [-0.2, -0.15) is 0 Å². The zero-order valence-electron chi connectivity index (χ0n) is 16.2. The summed E-state index contributed by atoms with van der Waals surface area (Å²) in [5, 5.41) is 0.422. The van der Waals surface area contributed by atoms with E-state index in [2.05, 4.69) is 4.72 Å². The highest BCUT2D eigenvalue weighted by molar-refractivity contribution is 7.89. The molecule has 0 saturated carbocycles. The lowest BCUT2D eigenvalue weighted by Crippen LogP contribution is -2.39. The maximum Gasteiger partial charge on any atom is 0.253 e. The third kappa shape index (κ3) is 5.35. The maximum absolute atomic E-state index is 13.0. The molecule has 0 unspecified atom stereocenters. The van der Waals surface area contributed by atoms with E-state index in [1.807, 2.05) is 0 Å². The standard InChI is InChI=1S/C21H24ClFN2O3S/c1-15-19(22)3-2-4-20(15)29(27,28)24-12-9-16-10-13-25(14-11-16)21(26)17-5-7-18(23)8-6-17/h2-8,16,24H,9-14H2,1H3. The number of benzene rings is 2. The first kappa shape index (κ1) is 21.7. The van der Waals surface area contributed by atoms with Gasteiger partial charge < -0.3 is 4.90 Å². The Bertz CT molecular complexity index is 972. The second kappa shape index (κ2) is 9.24. The van der Waals surface area contributed by atoms with Gasteiger partial charge in [-0.3, -0.25) is 4.79 Å². The fourth-order valence-corrected chi connectivity index (χ4v) is 5.10. The predicted molar refractivity (Wildman–Crippen MR) is 111 cm³/mol. The molecule has 1 saturated heterocycles. The van der Waals surface area contributed by atoms with Gasteiger partial charge in [-0.05, 0) is 74.1 Å².